The Morgan fingerprint density at radius 1 is 1.44 bits per heavy atom. The number of nitrogens with one attached hydrogen (secondary N) is 1. The fraction of sp³-hybridized carbons (Fsp3) is 0.545. The van der Waals surface area contributed by atoms with Crippen molar-refractivity contribution in [3.05, 3.63) is 10.6 Å². The van der Waals surface area contributed by atoms with Crippen molar-refractivity contribution in [3.8, 4) is 0 Å². The van der Waals surface area contributed by atoms with Crippen molar-refractivity contribution >= 4 is 28.2 Å². The number of anilines is 1. The van der Waals surface area contributed by atoms with E-state index in [-0.39, 0.29) is 11.5 Å². The van der Waals surface area contributed by atoms with Gasteiger partial charge in [0.2, 0.25) is 0 Å². The smallest absolute Gasteiger partial charge is 0.358 e. The number of ether oxygens (including phenoxy) is 2. The fourth-order valence-electron chi connectivity index (χ4n) is 1.24. The molecule has 0 saturated carbocycles. The standard InChI is InChI=1S/C11H16N2O4S/c1-4-17-6-5-12-11-13-8(10(15)16-3)9(18-11)7(2)14/h4-6H2,1-3H3,(H,12,13). The highest BCUT2D eigenvalue weighted by molar-refractivity contribution is 7.17. The minimum Gasteiger partial charge on any atom is -0.464 e. The summed E-state index contributed by atoms with van der Waals surface area (Å²) in [7, 11) is 1.26. The molecule has 0 radical (unpaired) electrons. The first-order chi connectivity index (χ1) is 8.60. The number of carbonyl (C=O) groups excluding carboxylic acids is 2. The Morgan fingerprint density at radius 2 is 2.17 bits per heavy atom. The average molecular weight is 272 g/mol. The van der Waals surface area contributed by atoms with Crippen LogP contribution in [0, 0.1) is 0 Å². The second-order valence-electron chi connectivity index (χ2n) is 3.37. The molecule has 1 aromatic heterocycles. The van der Waals surface area contributed by atoms with E-state index in [1.807, 2.05) is 6.92 Å². The lowest BCUT2D eigenvalue weighted by Crippen LogP contribution is -2.10. The Morgan fingerprint density at radius 3 is 2.72 bits per heavy atom. The molecule has 0 spiro atoms. The van der Waals surface area contributed by atoms with Crippen LogP contribution in [0.2, 0.25) is 0 Å². The summed E-state index contributed by atoms with van der Waals surface area (Å²) in [5.74, 6) is -0.805. The van der Waals surface area contributed by atoms with Crippen molar-refractivity contribution in [1.29, 1.82) is 0 Å². The topological polar surface area (TPSA) is 77.5 Å². The van der Waals surface area contributed by atoms with Gasteiger partial charge in [-0.3, -0.25) is 4.79 Å². The number of hydrogen-bond donors (Lipinski definition) is 1. The quantitative estimate of drug-likeness (QED) is 0.461. The predicted molar refractivity (Wildman–Crippen MR) is 68.4 cm³/mol. The Bertz CT molecular complexity index is 431. The first-order valence-electron chi connectivity index (χ1n) is 5.51. The zero-order chi connectivity index (χ0) is 13.5. The Balaban J connectivity index is 2.76. The number of hydrogen-bond acceptors (Lipinski definition) is 7. The lowest BCUT2D eigenvalue weighted by molar-refractivity contribution is 0.0591. The lowest BCUT2D eigenvalue weighted by Gasteiger charge is -2.01. The van der Waals surface area contributed by atoms with Crippen molar-refractivity contribution in [2.24, 2.45) is 0 Å². The van der Waals surface area contributed by atoms with Crippen LogP contribution in [0.4, 0.5) is 5.13 Å². The van der Waals surface area contributed by atoms with Gasteiger partial charge in [-0.25, -0.2) is 9.78 Å². The van der Waals surface area contributed by atoms with E-state index >= 15 is 0 Å². The maximum absolute atomic E-state index is 11.4. The van der Waals surface area contributed by atoms with Gasteiger partial charge in [0.1, 0.15) is 4.88 Å². The summed E-state index contributed by atoms with van der Waals surface area (Å²) in [6, 6.07) is 0. The van der Waals surface area contributed by atoms with Gasteiger partial charge in [-0.05, 0) is 6.92 Å². The van der Waals surface area contributed by atoms with E-state index in [0.717, 1.165) is 11.3 Å². The maximum atomic E-state index is 11.4. The Labute approximate surface area is 109 Å². The zero-order valence-corrected chi connectivity index (χ0v) is 11.4. The highest BCUT2D eigenvalue weighted by Gasteiger charge is 2.21. The van der Waals surface area contributed by atoms with E-state index in [0.29, 0.717) is 29.8 Å². The summed E-state index contributed by atoms with van der Waals surface area (Å²) in [5.41, 5.74) is 0.0638. The molecular formula is C11H16N2O4S. The number of esters is 1. The summed E-state index contributed by atoms with van der Waals surface area (Å²) in [5, 5.41) is 3.51. The number of Topliss-reactive ketones (excluding diaryl/α,β-unsaturated/α-hetero) is 1. The third-order valence-electron chi connectivity index (χ3n) is 2.05. The molecule has 0 saturated heterocycles. The molecule has 18 heavy (non-hydrogen) atoms. The van der Waals surface area contributed by atoms with E-state index in [9.17, 15) is 9.59 Å². The van der Waals surface area contributed by atoms with E-state index < -0.39 is 5.97 Å². The van der Waals surface area contributed by atoms with Crippen molar-refractivity contribution in [2.45, 2.75) is 13.8 Å². The molecule has 1 N–H and O–H groups in total. The van der Waals surface area contributed by atoms with Crippen molar-refractivity contribution < 1.29 is 19.1 Å². The summed E-state index contributed by atoms with van der Waals surface area (Å²) < 4.78 is 9.75. The molecule has 7 heteroatoms. The summed E-state index contributed by atoms with van der Waals surface area (Å²) >= 11 is 1.14. The third-order valence-corrected chi connectivity index (χ3v) is 3.17. The van der Waals surface area contributed by atoms with Gasteiger partial charge >= 0.3 is 5.97 Å². The normalized spacial score (nSPS) is 10.2. The average Bonchev–Trinajstić information content (AvgIpc) is 2.78. The summed E-state index contributed by atoms with van der Waals surface area (Å²) in [4.78, 5) is 27.2. The monoisotopic (exact) mass is 272 g/mol. The minimum atomic E-state index is -0.602. The number of nitrogens with zero attached hydrogens (tertiary/aromatic N) is 1. The Hall–Kier alpha value is -1.47. The molecular weight excluding hydrogens is 256 g/mol. The molecule has 0 amide bonds. The number of thiazole rings is 1. The van der Waals surface area contributed by atoms with Crippen LogP contribution >= 0.6 is 11.3 Å². The molecule has 0 aliphatic heterocycles. The lowest BCUT2D eigenvalue weighted by atomic mass is 10.3. The van der Waals surface area contributed by atoms with Gasteiger partial charge in [-0.15, -0.1) is 0 Å². The molecule has 1 aromatic rings. The number of carbonyl (C=O) groups is 2. The minimum absolute atomic E-state index is 0.0638. The fourth-order valence-corrected chi connectivity index (χ4v) is 2.12. The number of methoxy groups -OCH3 is 1. The van der Waals surface area contributed by atoms with Crippen LogP contribution in [0.15, 0.2) is 0 Å². The second-order valence-corrected chi connectivity index (χ2v) is 4.37. The van der Waals surface area contributed by atoms with Gasteiger partial charge in [-0.2, -0.15) is 0 Å². The van der Waals surface area contributed by atoms with E-state index in [2.05, 4.69) is 15.0 Å². The van der Waals surface area contributed by atoms with Crippen molar-refractivity contribution in [1.82, 2.24) is 4.98 Å². The second kappa shape index (κ2) is 7.07. The van der Waals surface area contributed by atoms with Crippen LogP contribution in [0.25, 0.3) is 0 Å². The molecule has 100 valence electrons. The van der Waals surface area contributed by atoms with E-state index in [1.165, 1.54) is 14.0 Å². The van der Waals surface area contributed by atoms with Crippen LogP contribution in [0.3, 0.4) is 0 Å². The molecule has 1 heterocycles. The summed E-state index contributed by atoms with van der Waals surface area (Å²) in [6.45, 7) is 5.06. The molecule has 0 aliphatic rings. The molecule has 0 atom stereocenters. The van der Waals surface area contributed by atoms with Crippen LogP contribution in [0.5, 0.6) is 0 Å². The first-order valence-corrected chi connectivity index (χ1v) is 6.33. The molecule has 1 rings (SSSR count). The van der Waals surface area contributed by atoms with Gasteiger partial charge in [0, 0.05) is 20.1 Å². The highest BCUT2D eigenvalue weighted by Crippen LogP contribution is 2.24. The first kappa shape index (κ1) is 14.6. The number of ketones is 1. The maximum Gasteiger partial charge on any atom is 0.358 e. The molecule has 0 aliphatic carbocycles. The molecule has 0 bridgehead atoms. The Kier molecular flexibility index (Phi) is 5.73. The van der Waals surface area contributed by atoms with Crippen LogP contribution in [-0.2, 0) is 9.47 Å². The SMILES string of the molecule is CCOCCNc1nc(C(=O)OC)c(C(C)=O)s1. The van der Waals surface area contributed by atoms with Crippen LogP contribution in [0.1, 0.15) is 34.0 Å². The molecule has 0 unspecified atom stereocenters. The van der Waals surface area contributed by atoms with Crippen LogP contribution < -0.4 is 5.32 Å². The summed E-state index contributed by atoms with van der Waals surface area (Å²) in [6.07, 6.45) is 0. The third kappa shape index (κ3) is 3.78. The number of aromatic nitrogens is 1. The van der Waals surface area contributed by atoms with Gasteiger partial charge in [0.15, 0.2) is 16.6 Å². The molecule has 6 nitrogen and oxygen atoms in total. The van der Waals surface area contributed by atoms with Crippen molar-refractivity contribution in [3.63, 3.8) is 0 Å². The van der Waals surface area contributed by atoms with Gasteiger partial charge < -0.3 is 14.8 Å². The van der Waals surface area contributed by atoms with Gasteiger partial charge in [-0.1, -0.05) is 11.3 Å². The van der Waals surface area contributed by atoms with Gasteiger partial charge in [0.25, 0.3) is 0 Å². The van der Waals surface area contributed by atoms with E-state index in [1.54, 1.807) is 0 Å². The van der Waals surface area contributed by atoms with E-state index in [4.69, 9.17) is 4.74 Å². The molecule has 0 fully saturated rings. The predicted octanol–water partition coefficient (Wildman–Crippen LogP) is 1.58. The van der Waals surface area contributed by atoms with Crippen molar-refractivity contribution in [2.75, 3.05) is 32.2 Å². The van der Waals surface area contributed by atoms with Gasteiger partial charge in [0.05, 0.1) is 13.7 Å². The highest BCUT2D eigenvalue weighted by atomic mass is 32.1. The zero-order valence-electron chi connectivity index (χ0n) is 10.6. The molecule has 0 aromatic carbocycles. The number of rotatable bonds is 7. The van der Waals surface area contributed by atoms with Crippen LogP contribution in [-0.4, -0.2) is 43.6 Å². The largest absolute Gasteiger partial charge is 0.464 e.